The van der Waals surface area contributed by atoms with E-state index < -0.39 is 16.1 Å². The zero-order valence-corrected chi connectivity index (χ0v) is 21.9. The number of piperazine rings is 1. The van der Waals surface area contributed by atoms with Gasteiger partial charge in [-0.05, 0) is 66.2 Å². The summed E-state index contributed by atoms with van der Waals surface area (Å²) in [6.45, 7) is 4.36. The lowest BCUT2D eigenvalue weighted by atomic mass is 10.0. The van der Waals surface area contributed by atoms with Crippen LogP contribution in [0.2, 0.25) is 0 Å². The van der Waals surface area contributed by atoms with Gasteiger partial charge in [-0.15, -0.1) is 0 Å². The van der Waals surface area contributed by atoms with Crippen LogP contribution >= 0.6 is 0 Å². The van der Waals surface area contributed by atoms with Crippen molar-refractivity contribution in [1.29, 1.82) is 0 Å². The second-order valence-electron chi connectivity index (χ2n) is 9.80. The maximum Gasteiger partial charge on any atom is 0.243 e. The molecule has 0 aliphatic carbocycles. The number of aromatic nitrogens is 2. The Labute approximate surface area is 222 Å². The van der Waals surface area contributed by atoms with Crippen LogP contribution in [0, 0.1) is 0 Å². The first-order chi connectivity index (χ1) is 18.4. The predicted octanol–water partition coefficient (Wildman–Crippen LogP) is 3.27. The average Bonchev–Trinajstić information content (AvgIpc) is 3.64. The number of oxazole rings is 1. The number of hydrogen-bond donors (Lipinski definition) is 1. The molecule has 0 unspecified atom stereocenters. The van der Waals surface area contributed by atoms with Crippen molar-refractivity contribution in [3.05, 3.63) is 95.6 Å². The van der Waals surface area contributed by atoms with Gasteiger partial charge in [-0.1, -0.05) is 12.1 Å². The number of benzene rings is 2. The molecule has 6 rings (SSSR count). The average molecular weight is 532 g/mol. The smallest absolute Gasteiger partial charge is 0.243 e. The second-order valence-corrected chi connectivity index (χ2v) is 11.7. The lowest BCUT2D eigenvalue weighted by Gasteiger charge is -2.34. The predicted molar refractivity (Wildman–Crippen MR) is 143 cm³/mol. The number of likely N-dealkylation sites (N-methyl/N-ethyl adjacent to an activating group) is 1. The molecule has 9 nitrogen and oxygen atoms in total. The molecule has 2 aromatic carbocycles. The SMILES string of the molecule is CN1CCN(c2cccc([C@@H](O)c3cc4c(cn3)CN(S(=O)(=O)c3ccc(-c5ncco5)cc3)C4)c2)CC1. The van der Waals surface area contributed by atoms with Crippen LogP contribution in [0.4, 0.5) is 5.69 Å². The number of sulfonamides is 1. The van der Waals surface area contributed by atoms with Crippen molar-refractivity contribution in [3.8, 4) is 11.5 Å². The molecule has 0 bridgehead atoms. The largest absolute Gasteiger partial charge is 0.445 e. The molecule has 2 aromatic heterocycles. The summed E-state index contributed by atoms with van der Waals surface area (Å²) in [7, 11) is -1.59. The Balaban J connectivity index is 1.18. The van der Waals surface area contributed by atoms with E-state index in [1.165, 1.54) is 10.6 Å². The van der Waals surface area contributed by atoms with Crippen LogP contribution in [0.1, 0.15) is 28.5 Å². The monoisotopic (exact) mass is 531 g/mol. The van der Waals surface area contributed by atoms with Gasteiger partial charge >= 0.3 is 0 Å². The molecule has 1 saturated heterocycles. The van der Waals surface area contributed by atoms with Crippen molar-refractivity contribution in [2.75, 3.05) is 38.1 Å². The van der Waals surface area contributed by atoms with Gasteiger partial charge in [0.2, 0.25) is 15.9 Å². The topological polar surface area (TPSA) is 103 Å². The number of nitrogens with zero attached hydrogens (tertiary/aromatic N) is 5. The third kappa shape index (κ3) is 4.71. The minimum Gasteiger partial charge on any atom is -0.445 e. The zero-order valence-electron chi connectivity index (χ0n) is 21.1. The Morgan fingerprint density at radius 1 is 0.947 bits per heavy atom. The van der Waals surface area contributed by atoms with Crippen LogP contribution in [-0.4, -0.2) is 65.9 Å². The van der Waals surface area contributed by atoms with Crippen molar-refractivity contribution in [3.63, 3.8) is 0 Å². The zero-order chi connectivity index (χ0) is 26.3. The summed E-state index contributed by atoms with van der Waals surface area (Å²) in [6.07, 6.45) is 3.80. The fraction of sp³-hybridized carbons (Fsp3) is 0.286. The quantitative estimate of drug-likeness (QED) is 0.405. The van der Waals surface area contributed by atoms with Gasteiger partial charge in [0.1, 0.15) is 12.4 Å². The summed E-state index contributed by atoms with van der Waals surface area (Å²) in [5.41, 5.74) is 4.76. The first-order valence-electron chi connectivity index (χ1n) is 12.6. The minimum atomic E-state index is -3.72. The number of aliphatic hydroxyl groups excluding tert-OH is 1. The maximum atomic E-state index is 13.4. The van der Waals surface area contributed by atoms with Crippen molar-refractivity contribution in [1.82, 2.24) is 19.2 Å². The molecular weight excluding hydrogens is 502 g/mol. The highest BCUT2D eigenvalue weighted by molar-refractivity contribution is 7.89. The van der Waals surface area contributed by atoms with E-state index in [0.717, 1.165) is 48.6 Å². The number of pyridine rings is 1. The maximum absolute atomic E-state index is 13.4. The Morgan fingerprint density at radius 3 is 2.45 bits per heavy atom. The van der Waals surface area contributed by atoms with Crippen LogP contribution in [0.15, 0.2) is 82.6 Å². The minimum absolute atomic E-state index is 0.203. The fourth-order valence-corrected chi connectivity index (χ4v) is 6.40. The molecule has 1 N–H and O–H groups in total. The van der Waals surface area contributed by atoms with Crippen molar-refractivity contribution >= 4 is 15.7 Å². The van der Waals surface area contributed by atoms with Gasteiger partial charge < -0.3 is 19.3 Å². The van der Waals surface area contributed by atoms with E-state index >= 15 is 0 Å². The van der Waals surface area contributed by atoms with Crippen LogP contribution in [0.5, 0.6) is 0 Å². The van der Waals surface area contributed by atoms with Gasteiger partial charge in [0.05, 0.1) is 16.8 Å². The van der Waals surface area contributed by atoms with Gasteiger partial charge in [0, 0.05) is 56.7 Å². The summed E-state index contributed by atoms with van der Waals surface area (Å²) in [6, 6.07) is 16.3. The molecule has 196 valence electrons. The normalized spacial score (nSPS) is 17.5. The van der Waals surface area contributed by atoms with Crippen LogP contribution < -0.4 is 4.90 Å². The van der Waals surface area contributed by atoms with E-state index in [-0.39, 0.29) is 18.0 Å². The molecular formula is C28H29N5O4S. The number of fused-ring (bicyclic) bond motifs is 1. The van der Waals surface area contributed by atoms with E-state index in [0.29, 0.717) is 17.1 Å². The number of hydrogen-bond acceptors (Lipinski definition) is 8. The van der Waals surface area contributed by atoms with E-state index in [9.17, 15) is 13.5 Å². The van der Waals surface area contributed by atoms with E-state index in [1.807, 2.05) is 24.3 Å². The molecule has 2 aliphatic rings. The molecule has 2 aliphatic heterocycles. The Morgan fingerprint density at radius 2 is 1.71 bits per heavy atom. The van der Waals surface area contributed by atoms with Gasteiger partial charge in [-0.25, -0.2) is 13.4 Å². The molecule has 1 fully saturated rings. The summed E-state index contributed by atoms with van der Waals surface area (Å²) >= 11 is 0. The second kappa shape index (κ2) is 9.95. The Kier molecular flexibility index (Phi) is 6.48. The molecule has 38 heavy (non-hydrogen) atoms. The van der Waals surface area contributed by atoms with Gasteiger partial charge in [0.25, 0.3) is 0 Å². The van der Waals surface area contributed by atoms with E-state index in [1.54, 1.807) is 36.7 Å². The highest BCUT2D eigenvalue weighted by Gasteiger charge is 2.31. The highest BCUT2D eigenvalue weighted by atomic mass is 32.2. The molecule has 0 saturated carbocycles. The molecule has 0 amide bonds. The van der Waals surface area contributed by atoms with E-state index in [4.69, 9.17) is 4.42 Å². The van der Waals surface area contributed by atoms with Crippen molar-refractivity contribution < 1.29 is 17.9 Å². The van der Waals surface area contributed by atoms with E-state index in [2.05, 4.69) is 32.9 Å². The molecule has 0 radical (unpaired) electrons. The van der Waals surface area contributed by atoms with Crippen LogP contribution in [-0.2, 0) is 23.1 Å². The van der Waals surface area contributed by atoms with Crippen LogP contribution in [0.3, 0.4) is 0 Å². The first-order valence-corrected chi connectivity index (χ1v) is 14.0. The summed E-state index contributed by atoms with van der Waals surface area (Å²) < 4.78 is 33.4. The standard InChI is InChI=1S/C28H29N5O4S/c1-31-10-12-32(13-11-31)24-4-2-3-21(15-24)27(34)26-16-22-18-33(19-23(22)17-30-26)38(35,36)25-7-5-20(6-8-25)28-29-9-14-37-28/h2-9,14-17,27,34H,10-13,18-19H2,1H3/t27-/m1/s1. The summed E-state index contributed by atoms with van der Waals surface area (Å²) in [5.74, 6) is 0.439. The molecule has 4 aromatic rings. The third-order valence-electron chi connectivity index (χ3n) is 7.30. The highest BCUT2D eigenvalue weighted by Crippen LogP contribution is 2.32. The van der Waals surface area contributed by atoms with Gasteiger partial charge in [-0.3, -0.25) is 4.98 Å². The molecule has 1 atom stereocenters. The molecule has 4 heterocycles. The number of anilines is 1. The van der Waals surface area contributed by atoms with Gasteiger partial charge in [-0.2, -0.15) is 4.31 Å². The fourth-order valence-electron chi connectivity index (χ4n) is 5.00. The number of rotatable bonds is 6. The van der Waals surface area contributed by atoms with Crippen LogP contribution in [0.25, 0.3) is 11.5 Å². The summed E-state index contributed by atoms with van der Waals surface area (Å²) in [4.78, 5) is 13.4. The Bertz CT molecular complexity index is 1530. The van der Waals surface area contributed by atoms with Crippen molar-refractivity contribution in [2.45, 2.75) is 24.1 Å². The lowest BCUT2D eigenvalue weighted by Crippen LogP contribution is -2.44. The van der Waals surface area contributed by atoms with Gasteiger partial charge in [0.15, 0.2) is 0 Å². The lowest BCUT2D eigenvalue weighted by molar-refractivity contribution is 0.215. The Hall–Kier alpha value is -3.57. The third-order valence-corrected chi connectivity index (χ3v) is 9.11. The summed E-state index contributed by atoms with van der Waals surface area (Å²) in [5, 5.41) is 11.2. The number of aliphatic hydroxyl groups is 1. The molecule has 10 heteroatoms. The molecule has 0 spiro atoms. The first kappa shape index (κ1) is 24.7. The van der Waals surface area contributed by atoms with Crippen molar-refractivity contribution in [2.24, 2.45) is 0 Å².